The van der Waals surface area contributed by atoms with Crippen LogP contribution in [0.25, 0.3) is 33.2 Å². The standard InChI is InChI=1S/C27H31NOSi/c1-30(2,3)26-18-28-24(17-20(26)16-19-10-5-4-6-11-19)23-14-9-13-22-21-12-7-8-15-25(21)29-27(22)23/h7-9,12-15,17-19H,4-6,10-11,16H2,1-3H3. The van der Waals surface area contributed by atoms with Gasteiger partial charge in [-0.25, -0.2) is 0 Å². The Balaban J connectivity index is 1.63. The highest BCUT2D eigenvalue weighted by atomic mass is 28.3. The molecule has 0 bridgehead atoms. The second kappa shape index (κ2) is 7.70. The van der Waals surface area contributed by atoms with Gasteiger partial charge in [0.2, 0.25) is 0 Å². The summed E-state index contributed by atoms with van der Waals surface area (Å²) in [7, 11) is -1.45. The Kier molecular flexibility index (Phi) is 5.02. The summed E-state index contributed by atoms with van der Waals surface area (Å²) in [5.41, 5.74) is 5.58. The van der Waals surface area contributed by atoms with Gasteiger partial charge in [0.1, 0.15) is 11.2 Å². The van der Waals surface area contributed by atoms with Crippen LogP contribution in [0, 0.1) is 5.92 Å². The fourth-order valence-corrected chi connectivity index (χ4v) is 6.73. The molecule has 0 unspecified atom stereocenters. The lowest BCUT2D eigenvalue weighted by atomic mass is 9.85. The van der Waals surface area contributed by atoms with Crippen LogP contribution in [0.2, 0.25) is 19.6 Å². The molecule has 154 valence electrons. The summed E-state index contributed by atoms with van der Waals surface area (Å²) >= 11 is 0. The molecule has 1 aliphatic rings. The first-order valence-electron chi connectivity index (χ1n) is 11.4. The molecule has 2 heterocycles. The second-order valence-electron chi connectivity index (χ2n) is 9.97. The van der Waals surface area contributed by atoms with Crippen molar-refractivity contribution in [2.75, 3.05) is 0 Å². The summed E-state index contributed by atoms with van der Waals surface area (Å²) in [5.74, 6) is 0.825. The Morgan fingerprint density at radius 1 is 0.933 bits per heavy atom. The fourth-order valence-electron chi connectivity index (χ4n) is 5.14. The summed E-state index contributed by atoms with van der Waals surface area (Å²) in [6.07, 6.45) is 10.3. The van der Waals surface area contributed by atoms with Crippen molar-refractivity contribution in [3.05, 3.63) is 60.3 Å². The maximum Gasteiger partial charge on any atom is 0.144 e. The Morgan fingerprint density at radius 3 is 2.50 bits per heavy atom. The van der Waals surface area contributed by atoms with Gasteiger partial charge in [-0.1, -0.05) is 82.1 Å². The monoisotopic (exact) mass is 413 g/mol. The van der Waals surface area contributed by atoms with Crippen LogP contribution in [0.1, 0.15) is 37.7 Å². The minimum atomic E-state index is -1.45. The zero-order chi connectivity index (χ0) is 20.7. The number of benzene rings is 2. The lowest BCUT2D eigenvalue weighted by molar-refractivity contribution is 0.357. The molecule has 0 N–H and O–H groups in total. The third-order valence-electron chi connectivity index (χ3n) is 6.71. The molecular weight excluding hydrogens is 382 g/mol. The molecule has 1 saturated carbocycles. The molecule has 1 aliphatic carbocycles. The van der Waals surface area contributed by atoms with Crippen molar-refractivity contribution in [3.8, 4) is 11.3 Å². The molecule has 0 amide bonds. The van der Waals surface area contributed by atoms with E-state index in [4.69, 9.17) is 9.40 Å². The Bertz CT molecular complexity index is 1190. The molecule has 0 spiro atoms. The number of nitrogens with zero attached hydrogens (tertiary/aromatic N) is 1. The van der Waals surface area contributed by atoms with Gasteiger partial charge in [-0.05, 0) is 41.3 Å². The smallest absolute Gasteiger partial charge is 0.144 e. The minimum Gasteiger partial charge on any atom is -0.455 e. The SMILES string of the molecule is C[Si](C)(C)c1cnc(-c2cccc3c2oc2ccccc23)cc1CC1CCCCC1. The first kappa shape index (κ1) is 19.6. The number of hydrogen-bond acceptors (Lipinski definition) is 2. The number of fused-ring (bicyclic) bond motifs is 3. The molecule has 4 aromatic rings. The van der Waals surface area contributed by atoms with Crippen molar-refractivity contribution in [1.82, 2.24) is 4.98 Å². The van der Waals surface area contributed by atoms with E-state index >= 15 is 0 Å². The third-order valence-corrected chi connectivity index (χ3v) is 8.78. The zero-order valence-corrected chi connectivity index (χ0v) is 19.4. The summed E-state index contributed by atoms with van der Waals surface area (Å²) in [6.45, 7) is 7.32. The Labute approximate surface area is 180 Å². The number of aromatic nitrogens is 1. The van der Waals surface area contributed by atoms with Gasteiger partial charge < -0.3 is 4.42 Å². The molecule has 0 aliphatic heterocycles. The predicted octanol–water partition coefficient (Wildman–Crippen LogP) is 7.32. The maximum absolute atomic E-state index is 6.29. The molecule has 0 atom stereocenters. The van der Waals surface area contributed by atoms with Crippen molar-refractivity contribution in [3.63, 3.8) is 0 Å². The van der Waals surface area contributed by atoms with E-state index in [-0.39, 0.29) is 0 Å². The Morgan fingerprint density at radius 2 is 1.70 bits per heavy atom. The van der Waals surface area contributed by atoms with Crippen LogP contribution in [0.15, 0.2) is 59.1 Å². The highest BCUT2D eigenvalue weighted by molar-refractivity contribution is 6.89. The topological polar surface area (TPSA) is 26.0 Å². The first-order valence-corrected chi connectivity index (χ1v) is 14.9. The van der Waals surface area contributed by atoms with E-state index in [1.807, 2.05) is 6.07 Å². The van der Waals surface area contributed by atoms with E-state index in [1.54, 1.807) is 0 Å². The van der Waals surface area contributed by atoms with Gasteiger partial charge in [0.15, 0.2) is 0 Å². The highest BCUT2D eigenvalue weighted by Crippen LogP contribution is 2.35. The molecule has 0 radical (unpaired) electrons. The van der Waals surface area contributed by atoms with Crippen LogP contribution in [-0.4, -0.2) is 13.1 Å². The van der Waals surface area contributed by atoms with Gasteiger partial charge in [-0.15, -0.1) is 0 Å². The van der Waals surface area contributed by atoms with Crippen LogP contribution < -0.4 is 5.19 Å². The van der Waals surface area contributed by atoms with E-state index in [0.717, 1.165) is 28.3 Å². The lowest BCUT2D eigenvalue weighted by Gasteiger charge is -2.26. The summed E-state index contributed by atoms with van der Waals surface area (Å²) < 4.78 is 6.29. The van der Waals surface area contributed by atoms with Crippen molar-refractivity contribution in [2.45, 2.75) is 58.2 Å². The second-order valence-corrected chi connectivity index (χ2v) is 15.0. The average molecular weight is 414 g/mol. The predicted molar refractivity (Wildman–Crippen MR) is 130 cm³/mol. The summed E-state index contributed by atoms with van der Waals surface area (Å²) in [6, 6.07) is 17.1. The molecule has 2 aromatic carbocycles. The van der Waals surface area contributed by atoms with Crippen molar-refractivity contribution in [1.29, 1.82) is 0 Å². The van der Waals surface area contributed by atoms with Gasteiger partial charge in [-0.2, -0.15) is 0 Å². The molecule has 5 rings (SSSR count). The number of hydrogen-bond donors (Lipinski definition) is 0. The number of para-hydroxylation sites is 2. The fraction of sp³-hybridized carbons (Fsp3) is 0.370. The van der Waals surface area contributed by atoms with E-state index in [1.165, 1.54) is 60.0 Å². The third kappa shape index (κ3) is 3.60. The van der Waals surface area contributed by atoms with Crippen molar-refractivity contribution >= 4 is 35.2 Å². The van der Waals surface area contributed by atoms with Crippen LogP contribution in [0.3, 0.4) is 0 Å². The van der Waals surface area contributed by atoms with Crippen LogP contribution in [0.5, 0.6) is 0 Å². The van der Waals surface area contributed by atoms with Gasteiger partial charge in [0, 0.05) is 22.5 Å². The highest BCUT2D eigenvalue weighted by Gasteiger charge is 2.24. The van der Waals surface area contributed by atoms with Crippen molar-refractivity contribution in [2.24, 2.45) is 5.92 Å². The number of furan rings is 1. The van der Waals surface area contributed by atoms with E-state index in [2.05, 4.69) is 68.3 Å². The van der Waals surface area contributed by atoms with E-state index in [0.29, 0.717) is 0 Å². The van der Waals surface area contributed by atoms with Gasteiger partial charge in [-0.3, -0.25) is 4.98 Å². The normalized spacial score (nSPS) is 15.8. The number of rotatable bonds is 4. The molecule has 2 nitrogen and oxygen atoms in total. The molecule has 3 heteroatoms. The van der Waals surface area contributed by atoms with Crippen molar-refractivity contribution < 1.29 is 4.42 Å². The van der Waals surface area contributed by atoms with Gasteiger partial charge in [0.05, 0.1) is 13.8 Å². The zero-order valence-electron chi connectivity index (χ0n) is 18.4. The van der Waals surface area contributed by atoms with Crippen LogP contribution in [-0.2, 0) is 6.42 Å². The largest absolute Gasteiger partial charge is 0.455 e. The maximum atomic E-state index is 6.29. The quantitative estimate of drug-likeness (QED) is 0.328. The molecule has 1 fully saturated rings. The molecule has 0 saturated heterocycles. The first-order chi connectivity index (χ1) is 14.5. The van der Waals surface area contributed by atoms with E-state index in [9.17, 15) is 0 Å². The minimum absolute atomic E-state index is 0.825. The molecular formula is C27H31NOSi. The van der Waals surface area contributed by atoms with Gasteiger partial charge >= 0.3 is 0 Å². The van der Waals surface area contributed by atoms with Crippen LogP contribution >= 0.6 is 0 Å². The Hall–Kier alpha value is -2.39. The average Bonchev–Trinajstić information content (AvgIpc) is 3.12. The van der Waals surface area contributed by atoms with Crippen LogP contribution in [0.4, 0.5) is 0 Å². The lowest BCUT2D eigenvalue weighted by Crippen LogP contribution is -2.41. The van der Waals surface area contributed by atoms with E-state index < -0.39 is 8.07 Å². The summed E-state index contributed by atoms with van der Waals surface area (Å²) in [5, 5.41) is 3.87. The molecule has 30 heavy (non-hydrogen) atoms. The molecule has 2 aromatic heterocycles. The number of pyridine rings is 1. The van der Waals surface area contributed by atoms with Gasteiger partial charge in [0.25, 0.3) is 0 Å². The summed E-state index contributed by atoms with van der Waals surface area (Å²) in [4.78, 5) is 4.96.